The molecule has 2 aromatic rings. The molecule has 106 valence electrons. The monoisotopic (exact) mass is 275 g/mol. The number of pyridine rings is 1. The molecule has 0 spiro atoms. The Bertz CT molecular complexity index is 616. The van der Waals surface area contributed by atoms with E-state index < -0.39 is 11.6 Å². The minimum atomic E-state index is -0.566. The Labute approximate surface area is 118 Å². The summed E-state index contributed by atoms with van der Waals surface area (Å²) >= 11 is 0. The smallest absolute Gasteiger partial charge is 0.152 e. The van der Waals surface area contributed by atoms with E-state index in [1.54, 1.807) is 6.20 Å². The van der Waals surface area contributed by atoms with Crippen molar-refractivity contribution in [3.05, 3.63) is 41.6 Å². The number of nitrogens with zero attached hydrogens (tertiary/aromatic N) is 1. The van der Waals surface area contributed by atoms with Gasteiger partial charge in [-0.25, -0.2) is 8.78 Å². The second-order valence-corrected chi connectivity index (χ2v) is 5.81. The predicted molar refractivity (Wildman–Crippen MR) is 76.6 cm³/mol. The molecule has 1 aromatic heterocycles. The lowest BCUT2D eigenvalue weighted by molar-refractivity contribution is 0.319. The van der Waals surface area contributed by atoms with Crippen LogP contribution in [0.15, 0.2) is 24.4 Å². The van der Waals surface area contributed by atoms with Gasteiger partial charge >= 0.3 is 0 Å². The SMILES string of the molecule is CCC1CCC(c2ccnc3c(F)cc(F)cc23)CC1. The molecule has 1 fully saturated rings. The standard InChI is InChI=1S/C17H19F2N/c1-2-11-3-5-12(6-4-11)14-7-8-20-17-15(14)9-13(18)10-16(17)19/h7-12H,2-6H2,1H3. The van der Waals surface area contributed by atoms with Gasteiger partial charge in [-0.3, -0.25) is 4.98 Å². The topological polar surface area (TPSA) is 12.9 Å². The number of fused-ring (bicyclic) bond motifs is 1. The first-order valence-corrected chi connectivity index (χ1v) is 7.42. The Kier molecular flexibility index (Phi) is 3.68. The van der Waals surface area contributed by atoms with Crippen LogP contribution in [0.3, 0.4) is 0 Å². The molecule has 0 N–H and O–H groups in total. The lowest BCUT2D eigenvalue weighted by Crippen LogP contribution is -2.13. The van der Waals surface area contributed by atoms with Crippen LogP contribution in [0.1, 0.15) is 50.5 Å². The molecule has 3 rings (SSSR count). The van der Waals surface area contributed by atoms with Gasteiger partial charge in [0.25, 0.3) is 0 Å². The van der Waals surface area contributed by atoms with Crippen molar-refractivity contribution in [2.75, 3.05) is 0 Å². The third kappa shape index (κ3) is 2.41. The zero-order valence-electron chi connectivity index (χ0n) is 11.7. The largest absolute Gasteiger partial charge is 0.253 e. The van der Waals surface area contributed by atoms with Crippen molar-refractivity contribution in [1.29, 1.82) is 0 Å². The van der Waals surface area contributed by atoms with Crippen molar-refractivity contribution < 1.29 is 8.78 Å². The Morgan fingerprint density at radius 1 is 1.15 bits per heavy atom. The molecule has 0 aliphatic heterocycles. The average molecular weight is 275 g/mol. The van der Waals surface area contributed by atoms with Crippen LogP contribution in [-0.2, 0) is 0 Å². The zero-order chi connectivity index (χ0) is 14.1. The molecular weight excluding hydrogens is 256 g/mol. The van der Waals surface area contributed by atoms with Crippen LogP contribution in [0, 0.1) is 17.6 Å². The van der Waals surface area contributed by atoms with E-state index in [4.69, 9.17) is 0 Å². The van der Waals surface area contributed by atoms with E-state index in [0.29, 0.717) is 16.8 Å². The Balaban J connectivity index is 2.00. The second kappa shape index (κ2) is 5.47. The molecule has 0 atom stereocenters. The molecule has 0 radical (unpaired) electrons. The number of benzene rings is 1. The van der Waals surface area contributed by atoms with Crippen LogP contribution in [0.2, 0.25) is 0 Å². The highest BCUT2D eigenvalue weighted by molar-refractivity contribution is 5.83. The van der Waals surface area contributed by atoms with Gasteiger partial charge in [0.15, 0.2) is 5.82 Å². The highest BCUT2D eigenvalue weighted by atomic mass is 19.1. The van der Waals surface area contributed by atoms with Gasteiger partial charge in [0, 0.05) is 17.6 Å². The summed E-state index contributed by atoms with van der Waals surface area (Å²) in [5, 5.41) is 0.643. The highest BCUT2D eigenvalue weighted by Gasteiger charge is 2.23. The van der Waals surface area contributed by atoms with Crippen molar-refractivity contribution in [2.24, 2.45) is 5.92 Å². The van der Waals surface area contributed by atoms with E-state index in [2.05, 4.69) is 11.9 Å². The lowest BCUT2D eigenvalue weighted by Gasteiger charge is -2.28. The molecule has 1 saturated carbocycles. The van der Waals surface area contributed by atoms with Gasteiger partial charge < -0.3 is 0 Å². The predicted octanol–water partition coefficient (Wildman–Crippen LogP) is 5.20. The van der Waals surface area contributed by atoms with Gasteiger partial charge in [-0.2, -0.15) is 0 Å². The molecule has 1 aliphatic rings. The molecule has 1 aromatic carbocycles. The van der Waals surface area contributed by atoms with E-state index in [1.807, 2.05) is 6.07 Å². The molecular formula is C17H19F2N. The van der Waals surface area contributed by atoms with Gasteiger partial charge in [-0.05, 0) is 55.2 Å². The molecule has 3 heteroatoms. The Hall–Kier alpha value is -1.51. The normalized spacial score (nSPS) is 23.1. The maximum Gasteiger partial charge on any atom is 0.152 e. The molecule has 1 aliphatic carbocycles. The lowest BCUT2D eigenvalue weighted by atomic mass is 9.77. The maximum absolute atomic E-state index is 13.8. The van der Waals surface area contributed by atoms with Crippen molar-refractivity contribution >= 4 is 10.9 Å². The fourth-order valence-electron chi connectivity index (χ4n) is 3.44. The van der Waals surface area contributed by atoms with Crippen molar-refractivity contribution in [3.8, 4) is 0 Å². The third-order valence-corrected chi connectivity index (χ3v) is 4.66. The van der Waals surface area contributed by atoms with Crippen molar-refractivity contribution in [3.63, 3.8) is 0 Å². The number of hydrogen-bond acceptors (Lipinski definition) is 1. The molecule has 0 unspecified atom stereocenters. The zero-order valence-corrected chi connectivity index (χ0v) is 11.7. The summed E-state index contributed by atoms with van der Waals surface area (Å²) in [6, 6.07) is 4.26. The summed E-state index contributed by atoms with van der Waals surface area (Å²) in [5.41, 5.74) is 1.35. The molecule has 0 saturated heterocycles. The first-order valence-electron chi connectivity index (χ1n) is 7.42. The average Bonchev–Trinajstić information content (AvgIpc) is 2.47. The van der Waals surface area contributed by atoms with Crippen LogP contribution in [0.5, 0.6) is 0 Å². The summed E-state index contributed by atoms with van der Waals surface area (Å²) < 4.78 is 27.3. The van der Waals surface area contributed by atoms with Crippen molar-refractivity contribution in [2.45, 2.75) is 44.9 Å². The number of aromatic nitrogens is 1. The summed E-state index contributed by atoms with van der Waals surface area (Å²) in [6.45, 7) is 2.23. The van der Waals surface area contributed by atoms with Gasteiger partial charge in [-0.15, -0.1) is 0 Å². The minimum Gasteiger partial charge on any atom is -0.253 e. The molecule has 1 nitrogen and oxygen atoms in total. The summed E-state index contributed by atoms with van der Waals surface area (Å²) in [7, 11) is 0. The molecule has 20 heavy (non-hydrogen) atoms. The van der Waals surface area contributed by atoms with Gasteiger partial charge in [-0.1, -0.05) is 13.3 Å². The molecule has 0 bridgehead atoms. The van der Waals surface area contributed by atoms with Crippen LogP contribution in [0.25, 0.3) is 10.9 Å². The highest BCUT2D eigenvalue weighted by Crippen LogP contribution is 2.39. The van der Waals surface area contributed by atoms with E-state index in [-0.39, 0.29) is 0 Å². The maximum atomic E-state index is 13.8. The summed E-state index contributed by atoms with van der Waals surface area (Å²) in [6.07, 6.45) is 7.51. The number of hydrogen-bond donors (Lipinski definition) is 0. The summed E-state index contributed by atoms with van der Waals surface area (Å²) in [5.74, 6) is 0.132. The van der Waals surface area contributed by atoms with Crippen molar-refractivity contribution in [1.82, 2.24) is 4.98 Å². The fourth-order valence-corrected chi connectivity index (χ4v) is 3.44. The summed E-state index contributed by atoms with van der Waals surface area (Å²) in [4.78, 5) is 4.07. The second-order valence-electron chi connectivity index (χ2n) is 5.81. The quantitative estimate of drug-likeness (QED) is 0.734. The minimum absolute atomic E-state index is 0.293. The van der Waals surface area contributed by atoms with Gasteiger partial charge in [0.1, 0.15) is 11.3 Å². The third-order valence-electron chi connectivity index (χ3n) is 4.66. The van der Waals surface area contributed by atoms with Gasteiger partial charge in [0.05, 0.1) is 0 Å². The Morgan fingerprint density at radius 2 is 1.90 bits per heavy atom. The van der Waals surface area contributed by atoms with Crippen LogP contribution >= 0.6 is 0 Å². The molecule has 0 amide bonds. The van der Waals surface area contributed by atoms with E-state index in [1.165, 1.54) is 25.3 Å². The van der Waals surface area contributed by atoms with E-state index >= 15 is 0 Å². The van der Waals surface area contributed by atoms with Gasteiger partial charge in [0.2, 0.25) is 0 Å². The first-order chi connectivity index (χ1) is 9.69. The molecule has 1 heterocycles. The van der Waals surface area contributed by atoms with E-state index in [0.717, 1.165) is 30.4 Å². The Morgan fingerprint density at radius 3 is 2.60 bits per heavy atom. The van der Waals surface area contributed by atoms with Crippen LogP contribution in [-0.4, -0.2) is 4.98 Å². The van der Waals surface area contributed by atoms with E-state index in [9.17, 15) is 8.78 Å². The number of rotatable bonds is 2. The number of halogens is 2. The first kappa shape index (κ1) is 13.5. The van der Waals surface area contributed by atoms with Crippen LogP contribution < -0.4 is 0 Å². The van der Waals surface area contributed by atoms with Crippen LogP contribution in [0.4, 0.5) is 8.78 Å². The fraction of sp³-hybridized carbons (Fsp3) is 0.471.